The van der Waals surface area contributed by atoms with E-state index in [0.717, 1.165) is 37.9 Å². The Kier molecular flexibility index (Phi) is 11.1. The van der Waals surface area contributed by atoms with Crippen LogP contribution in [0.1, 0.15) is 66.7 Å². The molecule has 2 heterocycles. The molecule has 0 unspecified atom stereocenters. The number of anilines is 2. The normalized spacial score (nSPS) is 22.3. The molecule has 0 bridgehead atoms. The lowest BCUT2D eigenvalue weighted by molar-refractivity contribution is -0.132. The summed E-state index contributed by atoms with van der Waals surface area (Å²) in [5.74, 6) is 0.417. The summed E-state index contributed by atoms with van der Waals surface area (Å²) in [4.78, 5) is 46.7. The van der Waals surface area contributed by atoms with Crippen molar-refractivity contribution in [3.8, 4) is 5.75 Å². The molecular weight excluding hydrogens is 546 g/mol. The van der Waals surface area contributed by atoms with Crippen molar-refractivity contribution < 1.29 is 23.9 Å². The van der Waals surface area contributed by atoms with Gasteiger partial charge in [-0.15, -0.1) is 0 Å². The Morgan fingerprint density at radius 1 is 1.19 bits per heavy atom. The van der Waals surface area contributed by atoms with Gasteiger partial charge in [-0.25, -0.2) is 0 Å². The van der Waals surface area contributed by atoms with Crippen LogP contribution in [0.15, 0.2) is 18.2 Å². The van der Waals surface area contributed by atoms with Crippen molar-refractivity contribution in [2.24, 2.45) is 17.8 Å². The van der Waals surface area contributed by atoms with Crippen molar-refractivity contribution >= 4 is 29.1 Å². The summed E-state index contributed by atoms with van der Waals surface area (Å²) >= 11 is 0. The van der Waals surface area contributed by atoms with Crippen molar-refractivity contribution in [1.29, 1.82) is 0 Å². The van der Waals surface area contributed by atoms with Crippen molar-refractivity contribution in [1.82, 2.24) is 15.5 Å². The van der Waals surface area contributed by atoms with E-state index in [-0.39, 0.29) is 41.6 Å². The van der Waals surface area contributed by atoms with E-state index in [9.17, 15) is 14.4 Å². The highest BCUT2D eigenvalue weighted by Crippen LogP contribution is 2.43. The number of hydrogen-bond acceptors (Lipinski definition) is 7. The van der Waals surface area contributed by atoms with Crippen LogP contribution in [0.2, 0.25) is 0 Å². The van der Waals surface area contributed by atoms with Gasteiger partial charge in [0.2, 0.25) is 11.8 Å². The Balaban J connectivity index is 1.51. The van der Waals surface area contributed by atoms with E-state index < -0.39 is 5.60 Å². The molecule has 3 aliphatic rings. The summed E-state index contributed by atoms with van der Waals surface area (Å²) < 4.78 is 11.8. The number of rotatable bonds is 14. The van der Waals surface area contributed by atoms with E-state index in [0.29, 0.717) is 56.6 Å². The highest BCUT2D eigenvalue weighted by Gasteiger charge is 2.43. The Morgan fingerprint density at radius 2 is 1.91 bits per heavy atom. The number of carbonyl (C=O) groups excluding carboxylic acids is 3. The predicted octanol–water partition coefficient (Wildman–Crippen LogP) is 3.43. The molecule has 4 rings (SSSR count). The smallest absolute Gasteiger partial charge is 0.270 e. The first-order valence-corrected chi connectivity index (χ1v) is 16.1. The Hall–Kier alpha value is -2.69. The van der Waals surface area contributed by atoms with Crippen LogP contribution in [0, 0.1) is 17.8 Å². The zero-order valence-corrected chi connectivity index (χ0v) is 27.3. The molecular formula is C33H53N5O5. The number of nitrogens with one attached hydrogen (secondary N) is 2. The molecule has 3 amide bonds. The Morgan fingerprint density at radius 3 is 2.56 bits per heavy atom. The van der Waals surface area contributed by atoms with E-state index in [1.54, 1.807) is 13.8 Å². The minimum Gasteiger partial charge on any atom is -0.476 e. The van der Waals surface area contributed by atoms with Gasteiger partial charge in [0.05, 0.1) is 30.2 Å². The van der Waals surface area contributed by atoms with Crippen LogP contribution >= 0.6 is 0 Å². The second-order valence-electron chi connectivity index (χ2n) is 13.6. The van der Waals surface area contributed by atoms with Gasteiger partial charge in [0, 0.05) is 38.0 Å². The number of ether oxygens (including phenoxy) is 2. The number of piperidine rings is 1. The maximum absolute atomic E-state index is 14.1. The van der Waals surface area contributed by atoms with Crippen LogP contribution in [0.3, 0.4) is 0 Å². The summed E-state index contributed by atoms with van der Waals surface area (Å²) in [6.07, 6.45) is 4.05. The molecule has 3 atom stereocenters. The van der Waals surface area contributed by atoms with Crippen LogP contribution in [0.5, 0.6) is 5.75 Å². The molecule has 1 aromatic rings. The third kappa shape index (κ3) is 8.48. The first kappa shape index (κ1) is 33.2. The third-order valence-electron chi connectivity index (χ3n) is 8.47. The van der Waals surface area contributed by atoms with E-state index in [4.69, 9.17) is 9.47 Å². The van der Waals surface area contributed by atoms with Crippen molar-refractivity contribution in [2.45, 2.75) is 84.4 Å². The monoisotopic (exact) mass is 599 g/mol. The maximum Gasteiger partial charge on any atom is 0.270 e. The predicted molar refractivity (Wildman–Crippen MR) is 170 cm³/mol. The minimum atomic E-state index is -0.959. The van der Waals surface area contributed by atoms with Crippen molar-refractivity contribution in [2.75, 3.05) is 63.3 Å². The molecule has 0 aromatic heterocycles. The van der Waals surface area contributed by atoms with Gasteiger partial charge >= 0.3 is 0 Å². The molecule has 2 aliphatic heterocycles. The van der Waals surface area contributed by atoms with Crippen LogP contribution in [0.4, 0.5) is 11.4 Å². The molecule has 0 radical (unpaired) electrons. The van der Waals surface area contributed by atoms with Gasteiger partial charge in [-0.2, -0.15) is 0 Å². The number of fused-ring (bicyclic) bond motifs is 1. The molecule has 10 heteroatoms. The summed E-state index contributed by atoms with van der Waals surface area (Å²) in [5.41, 5.74) is 0.530. The molecule has 43 heavy (non-hydrogen) atoms. The van der Waals surface area contributed by atoms with E-state index in [1.807, 2.05) is 49.0 Å². The minimum absolute atomic E-state index is 0.0197. The maximum atomic E-state index is 14.1. The van der Waals surface area contributed by atoms with Crippen LogP contribution in [0.25, 0.3) is 0 Å². The summed E-state index contributed by atoms with van der Waals surface area (Å²) in [7, 11) is 4.05. The number of hydrogen-bond donors (Lipinski definition) is 2. The van der Waals surface area contributed by atoms with E-state index in [2.05, 4.69) is 29.4 Å². The van der Waals surface area contributed by atoms with Gasteiger partial charge < -0.3 is 34.8 Å². The quantitative estimate of drug-likeness (QED) is 0.338. The summed E-state index contributed by atoms with van der Waals surface area (Å²) in [6, 6.07) is 5.85. The summed E-state index contributed by atoms with van der Waals surface area (Å²) in [5, 5.41) is 6.56. The molecule has 2 fully saturated rings. The van der Waals surface area contributed by atoms with E-state index >= 15 is 0 Å². The lowest BCUT2D eigenvalue weighted by Gasteiger charge is -2.40. The number of nitrogens with zero attached hydrogens (tertiary/aromatic N) is 3. The zero-order valence-electron chi connectivity index (χ0n) is 27.3. The molecule has 0 spiro atoms. The number of carbonyl (C=O) groups is 3. The first-order valence-electron chi connectivity index (χ1n) is 16.1. The second kappa shape index (κ2) is 14.4. The molecule has 1 aromatic carbocycles. The van der Waals surface area contributed by atoms with Gasteiger partial charge in [0.25, 0.3) is 5.91 Å². The fraction of sp³-hybridized carbons (Fsp3) is 0.727. The van der Waals surface area contributed by atoms with Crippen LogP contribution in [-0.2, 0) is 19.1 Å². The zero-order chi connectivity index (χ0) is 31.3. The third-order valence-corrected chi connectivity index (χ3v) is 8.47. The highest BCUT2D eigenvalue weighted by molar-refractivity contribution is 6.04. The fourth-order valence-electron chi connectivity index (χ4n) is 6.17. The van der Waals surface area contributed by atoms with Crippen molar-refractivity contribution in [3.05, 3.63) is 18.2 Å². The molecule has 1 saturated carbocycles. The lowest BCUT2D eigenvalue weighted by Crippen LogP contribution is -2.53. The topological polar surface area (TPSA) is 103 Å². The molecule has 10 nitrogen and oxygen atoms in total. The average Bonchev–Trinajstić information content (AvgIpc) is 3.79. The van der Waals surface area contributed by atoms with Crippen LogP contribution < -0.4 is 25.2 Å². The van der Waals surface area contributed by atoms with Gasteiger partial charge in [-0.1, -0.05) is 13.8 Å². The largest absolute Gasteiger partial charge is 0.476 e. The van der Waals surface area contributed by atoms with Gasteiger partial charge in [-0.05, 0) is 97.6 Å². The van der Waals surface area contributed by atoms with Gasteiger partial charge in [-0.3, -0.25) is 14.4 Å². The highest BCUT2D eigenvalue weighted by atomic mass is 16.5. The Bertz CT molecular complexity index is 1130. The fourth-order valence-corrected chi connectivity index (χ4v) is 6.17. The molecule has 1 aliphatic carbocycles. The first-order chi connectivity index (χ1) is 20.4. The molecule has 2 N–H and O–H groups in total. The van der Waals surface area contributed by atoms with Crippen LogP contribution in [-0.4, -0.2) is 93.8 Å². The SMILES string of the molecule is CCOC[C@@H](CC(C)C)NC(=O)[C@@H]1CNC[C@H](C(=O)N(c2ccc3c(c2)N(CCCN(C)C)C(=O)C(C)(C)O3)C2CC2)C1. The lowest BCUT2D eigenvalue weighted by atomic mass is 9.88. The molecule has 1 saturated heterocycles. The van der Waals surface area contributed by atoms with Gasteiger partial charge in [0.15, 0.2) is 5.60 Å². The Labute approximate surface area is 257 Å². The second-order valence-corrected chi connectivity index (χ2v) is 13.6. The molecule has 240 valence electrons. The number of benzene rings is 1. The number of amides is 3. The van der Waals surface area contributed by atoms with E-state index in [1.165, 1.54) is 0 Å². The summed E-state index contributed by atoms with van der Waals surface area (Å²) in [6.45, 7) is 13.5. The van der Waals surface area contributed by atoms with Gasteiger partial charge in [0.1, 0.15) is 5.75 Å². The van der Waals surface area contributed by atoms with Crippen molar-refractivity contribution in [3.63, 3.8) is 0 Å². The average molecular weight is 600 g/mol. The standard InChI is InChI=1S/C33H53N5O5/c1-8-42-21-25(16-22(2)3)35-30(39)23-17-24(20-34-19-23)31(40)38(26-10-11-26)27-12-13-29-28(18-27)37(15-9-14-36(6)7)32(41)33(4,5)43-29/h12-13,18,22-26,34H,8-11,14-17,19-21H2,1-7H3,(H,35,39)/t23-,24+,25+/m0/s1.